The van der Waals surface area contributed by atoms with Crippen molar-refractivity contribution in [2.45, 2.75) is 12.8 Å². The second kappa shape index (κ2) is 10.9. The topological polar surface area (TPSA) is 97.5 Å². The smallest absolute Gasteiger partial charge is 0.276 e. The van der Waals surface area contributed by atoms with Crippen LogP contribution in [0, 0.1) is 0 Å². The van der Waals surface area contributed by atoms with Crippen molar-refractivity contribution in [1.82, 2.24) is 25.8 Å². The van der Waals surface area contributed by atoms with Gasteiger partial charge >= 0.3 is 0 Å². The van der Waals surface area contributed by atoms with Crippen LogP contribution in [-0.4, -0.2) is 47.8 Å². The van der Waals surface area contributed by atoms with Crippen molar-refractivity contribution in [3.63, 3.8) is 0 Å². The maximum absolute atomic E-state index is 5.87. The van der Waals surface area contributed by atoms with Crippen molar-refractivity contribution < 1.29 is 9.26 Å². The average molecular weight is 431 g/mol. The number of hydrogen-bond acceptors (Lipinski definition) is 6. The molecule has 164 valence electrons. The number of pyridine rings is 1. The standard InChI is InChI=1S/C24H26N6O2/c1-25-24(28-15-12-22-29-23(32-30-22)21-9-4-5-13-26-21)27-14-6-16-31-20-11-10-18-7-2-3-8-19(18)17-20/h2-5,7-11,13,17H,6,12,14-16H2,1H3,(H2,25,27,28). The lowest BCUT2D eigenvalue weighted by molar-refractivity contribution is 0.311. The summed E-state index contributed by atoms with van der Waals surface area (Å²) in [6.45, 7) is 2.01. The van der Waals surface area contributed by atoms with Crippen LogP contribution in [0.3, 0.4) is 0 Å². The van der Waals surface area contributed by atoms with Crippen LogP contribution < -0.4 is 15.4 Å². The molecule has 4 rings (SSSR count). The molecular weight excluding hydrogens is 404 g/mol. The van der Waals surface area contributed by atoms with E-state index in [-0.39, 0.29) is 0 Å². The molecule has 0 spiro atoms. The summed E-state index contributed by atoms with van der Waals surface area (Å²) in [7, 11) is 1.74. The van der Waals surface area contributed by atoms with E-state index in [0.29, 0.717) is 37.0 Å². The Balaban J connectivity index is 1.14. The summed E-state index contributed by atoms with van der Waals surface area (Å²) in [5.74, 6) is 2.66. The molecule has 2 aromatic carbocycles. The Morgan fingerprint density at radius 2 is 1.84 bits per heavy atom. The molecule has 0 fully saturated rings. The molecule has 8 nitrogen and oxygen atoms in total. The van der Waals surface area contributed by atoms with E-state index in [2.05, 4.69) is 55.0 Å². The minimum atomic E-state index is 0.425. The van der Waals surface area contributed by atoms with Gasteiger partial charge in [0, 0.05) is 32.8 Å². The van der Waals surface area contributed by atoms with E-state index in [0.717, 1.165) is 24.7 Å². The number of fused-ring (bicyclic) bond motifs is 1. The summed E-state index contributed by atoms with van der Waals surface area (Å²) in [5.41, 5.74) is 0.669. The Labute approximate surface area is 186 Å². The normalized spacial score (nSPS) is 11.5. The molecular formula is C24H26N6O2. The van der Waals surface area contributed by atoms with Crippen LogP contribution in [-0.2, 0) is 6.42 Å². The lowest BCUT2D eigenvalue weighted by Crippen LogP contribution is -2.39. The molecule has 4 aromatic rings. The molecule has 0 saturated carbocycles. The number of hydrogen-bond donors (Lipinski definition) is 2. The highest BCUT2D eigenvalue weighted by Crippen LogP contribution is 2.20. The molecule has 2 N–H and O–H groups in total. The van der Waals surface area contributed by atoms with E-state index in [9.17, 15) is 0 Å². The first-order chi connectivity index (χ1) is 15.8. The number of aliphatic imine (C=N–C) groups is 1. The molecule has 0 atom stereocenters. The molecule has 0 radical (unpaired) electrons. The summed E-state index contributed by atoms with van der Waals surface area (Å²) in [5, 5.41) is 12.9. The number of guanidine groups is 1. The van der Waals surface area contributed by atoms with Crippen molar-refractivity contribution in [2.24, 2.45) is 4.99 Å². The third-order valence-electron chi connectivity index (χ3n) is 4.82. The zero-order chi connectivity index (χ0) is 22.0. The minimum Gasteiger partial charge on any atom is -0.494 e. The van der Waals surface area contributed by atoms with E-state index in [1.165, 1.54) is 10.8 Å². The Morgan fingerprint density at radius 3 is 2.69 bits per heavy atom. The number of nitrogens with zero attached hydrogens (tertiary/aromatic N) is 4. The highest BCUT2D eigenvalue weighted by molar-refractivity contribution is 5.83. The van der Waals surface area contributed by atoms with E-state index in [1.54, 1.807) is 13.2 Å². The zero-order valence-corrected chi connectivity index (χ0v) is 18.0. The molecule has 2 aromatic heterocycles. The highest BCUT2D eigenvalue weighted by atomic mass is 16.5. The van der Waals surface area contributed by atoms with Gasteiger partial charge in [-0.15, -0.1) is 0 Å². The van der Waals surface area contributed by atoms with Crippen molar-refractivity contribution in [1.29, 1.82) is 0 Å². The van der Waals surface area contributed by atoms with Gasteiger partial charge in [-0.25, -0.2) is 0 Å². The van der Waals surface area contributed by atoms with Crippen molar-refractivity contribution in [3.05, 3.63) is 72.7 Å². The van der Waals surface area contributed by atoms with Gasteiger partial charge in [-0.3, -0.25) is 9.98 Å². The first kappa shape index (κ1) is 21.3. The minimum absolute atomic E-state index is 0.425. The molecule has 32 heavy (non-hydrogen) atoms. The lowest BCUT2D eigenvalue weighted by atomic mass is 10.1. The number of aromatic nitrogens is 3. The molecule has 0 aliphatic rings. The second-order valence-corrected chi connectivity index (χ2v) is 7.12. The summed E-state index contributed by atoms with van der Waals surface area (Å²) in [4.78, 5) is 12.8. The fourth-order valence-corrected chi connectivity index (χ4v) is 3.19. The number of nitrogens with one attached hydrogen (secondary N) is 2. The quantitative estimate of drug-likeness (QED) is 0.238. The maximum atomic E-state index is 5.87. The number of ether oxygens (including phenoxy) is 1. The average Bonchev–Trinajstić information content (AvgIpc) is 3.32. The predicted octanol–water partition coefficient (Wildman–Crippen LogP) is 3.46. The van der Waals surface area contributed by atoms with Gasteiger partial charge in [0.25, 0.3) is 5.89 Å². The number of rotatable bonds is 9. The SMILES string of the molecule is CN=C(NCCCOc1ccc2ccccc2c1)NCCc1noc(-c2ccccn2)n1. The van der Waals surface area contributed by atoms with E-state index in [4.69, 9.17) is 9.26 Å². The molecule has 0 unspecified atom stereocenters. The van der Waals surface area contributed by atoms with Gasteiger partial charge in [0.15, 0.2) is 11.8 Å². The third-order valence-corrected chi connectivity index (χ3v) is 4.82. The van der Waals surface area contributed by atoms with Crippen molar-refractivity contribution in [3.8, 4) is 17.3 Å². The zero-order valence-electron chi connectivity index (χ0n) is 18.0. The highest BCUT2D eigenvalue weighted by Gasteiger charge is 2.09. The van der Waals surface area contributed by atoms with Crippen LogP contribution in [0.1, 0.15) is 12.2 Å². The first-order valence-electron chi connectivity index (χ1n) is 10.6. The van der Waals surface area contributed by atoms with E-state index < -0.39 is 0 Å². The predicted molar refractivity (Wildman–Crippen MR) is 125 cm³/mol. The van der Waals surface area contributed by atoms with Crippen LogP contribution in [0.2, 0.25) is 0 Å². The lowest BCUT2D eigenvalue weighted by Gasteiger charge is -2.12. The van der Waals surface area contributed by atoms with Gasteiger partial charge in [-0.2, -0.15) is 4.98 Å². The first-order valence-corrected chi connectivity index (χ1v) is 10.6. The van der Waals surface area contributed by atoms with Gasteiger partial charge < -0.3 is 19.9 Å². The van der Waals surface area contributed by atoms with Crippen molar-refractivity contribution >= 4 is 16.7 Å². The molecule has 8 heteroatoms. The monoisotopic (exact) mass is 430 g/mol. The maximum Gasteiger partial charge on any atom is 0.276 e. The second-order valence-electron chi connectivity index (χ2n) is 7.12. The van der Waals surface area contributed by atoms with Crippen molar-refractivity contribution in [2.75, 3.05) is 26.7 Å². The molecule has 0 amide bonds. The Kier molecular flexibility index (Phi) is 7.25. The fourth-order valence-electron chi connectivity index (χ4n) is 3.19. The fraction of sp³-hybridized carbons (Fsp3) is 0.250. The Bertz CT molecular complexity index is 1160. The number of benzene rings is 2. The summed E-state index contributed by atoms with van der Waals surface area (Å²) in [6.07, 6.45) is 3.16. The van der Waals surface area contributed by atoms with Gasteiger partial charge in [-0.05, 0) is 41.5 Å². The van der Waals surface area contributed by atoms with Crippen LogP contribution in [0.25, 0.3) is 22.4 Å². The van der Waals surface area contributed by atoms with Crippen LogP contribution in [0.4, 0.5) is 0 Å². The molecule has 0 saturated heterocycles. The summed E-state index contributed by atoms with van der Waals surface area (Å²) in [6, 6.07) is 20.0. The van der Waals surface area contributed by atoms with E-state index in [1.807, 2.05) is 36.4 Å². The van der Waals surface area contributed by atoms with Gasteiger partial charge in [0.2, 0.25) is 0 Å². The summed E-state index contributed by atoms with van der Waals surface area (Å²) < 4.78 is 11.2. The third kappa shape index (κ3) is 5.81. The van der Waals surface area contributed by atoms with Gasteiger partial charge in [-0.1, -0.05) is 41.6 Å². The Hall–Kier alpha value is -3.94. The van der Waals surface area contributed by atoms with Gasteiger partial charge in [0.05, 0.1) is 6.61 Å². The molecule has 0 aliphatic carbocycles. The summed E-state index contributed by atoms with van der Waals surface area (Å²) >= 11 is 0. The van der Waals surface area contributed by atoms with Gasteiger partial charge in [0.1, 0.15) is 11.4 Å². The van der Waals surface area contributed by atoms with Crippen LogP contribution in [0.15, 0.2) is 76.4 Å². The largest absolute Gasteiger partial charge is 0.494 e. The molecule has 0 bridgehead atoms. The molecule has 0 aliphatic heterocycles. The van der Waals surface area contributed by atoms with E-state index >= 15 is 0 Å². The Morgan fingerprint density at radius 1 is 1.00 bits per heavy atom. The van der Waals surface area contributed by atoms with Crippen LogP contribution in [0.5, 0.6) is 5.75 Å². The molecule has 2 heterocycles. The van der Waals surface area contributed by atoms with Crippen LogP contribution >= 0.6 is 0 Å².